The zero-order valence-corrected chi connectivity index (χ0v) is 54.3. The predicted octanol–water partition coefficient (Wildman–Crippen LogP) is 24.7. The molecule has 81 heavy (non-hydrogen) atoms. The summed E-state index contributed by atoms with van der Waals surface area (Å²) in [4.78, 5) is 38.4. The van der Waals surface area contributed by atoms with E-state index in [1.807, 2.05) is 0 Å². The molecule has 0 aromatic heterocycles. The van der Waals surface area contributed by atoms with E-state index in [4.69, 9.17) is 14.2 Å². The molecule has 0 rings (SSSR count). The third-order valence-electron chi connectivity index (χ3n) is 16.0. The van der Waals surface area contributed by atoms with Crippen LogP contribution in [0.2, 0.25) is 0 Å². The van der Waals surface area contributed by atoms with Gasteiger partial charge in [-0.15, -0.1) is 0 Å². The Morgan fingerprint density at radius 3 is 0.753 bits per heavy atom. The zero-order chi connectivity index (χ0) is 58.5. The number of ether oxygens (including phenoxy) is 3. The summed E-state index contributed by atoms with van der Waals surface area (Å²) in [5.74, 6) is -0.921. The minimum Gasteiger partial charge on any atom is -0.462 e. The molecule has 0 radical (unpaired) electrons. The van der Waals surface area contributed by atoms with Crippen molar-refractivity contribution in [3.63, 3.8) is 0 Å². The van der Waals surface area contributed by atoms with Gasteiger partial charge < -0.3 is 14.2 Å². The third-order valence-corrected chi connectivity index (χ3v) is 16.0. The van der Waals surface area contributed by atoms with Crippen molar-refractivity contribution >= 4 is 17.9 Å². The van der Waals surface area contributed by atoms with Gasteiger partial charge in [0.1, 0.15) is 13.2 Å². The molecular weight excluding hydrogens is 997 g/mol. The van der Waals surface area contributed by atoms with Gasteiger partial charge in [-0.3, -0.25) is 14.4 Å². The molecule has 0 spiro atoms. The Morgan fingerprint density at radius 2 is 0.481 bits per heavy atom. The Balaban J connectivity index is 4.33. The van der Waals surface area contributed by atoms with Gasteiger partial charge in [0.15, 0.2) is 6.10 Å². The highest BCUT2D eigenvalue weighted by Gasteiger charge is 2.19. The summed E-state index contributed by atoms with van der Waals surface area (Å²) in [6.45, 7) is 6.56. The summed E-state index contributed by atoms with van der Waals surface area (Å²) < 4.78 is 17.0. The second-order valence-corrected chi connectivity index (χ2v) is 24.1. The van der Waals surface area contributed by atoms with Crippen LogP contribution in [0.3, 0.4) is 0 Å². The summed E-state index contributed by atoms with van der Waals surface area (Å²) in [5.41, 5.74) is 0. The average Bonchev–Trinajstić information content (AvgIpc) is 3.47. The molecule has 0 aromatic rings. The first-order valence-corrected chi connectivity index (χ1v) is 35.8. The van der Waals surface area contributed by atoms with Gasteiger partial charge in [-0.2, -0.15) is 0 Å². The van der Waals surface area contributed by atoms with Crippen molar-refractivity contribution in [3.05, 3.63) is 60.8 Å². The standard InChI is InChI=1S/C75H136O6/c1-4-7-10-13-16-19-22-25-28-31-33-35-36-37-38-40-41-44-47-50-53-56-59-62-65-68-74(77)80-71-72(70-79-73(76)67-64-61-58-55-52-49-46-43-30-27-24-21-18-15-12-9-6-3)81-75(78)69-66-63-60-57-54-51-48-45-42-39-34-32-29-26-23-20-17-14-11-8-5-2/h9,12,18,21,27,30,46,49,55,58,72H,4-8,10-11,13-17,19-20,22-26,28-29,31-45,47-48,50-54,56-57,59-71H2,1-3H3/b12-9-,21-18-,30-27-,49-46-,58-55-. The Kier molecular flexibility index (Phi) is 67.1. The van der Waals surface area contributed by atoms with E-state index in [0.29, 0.717) is 19.3 Å². The van der Waals surface area contributed by atoms with Crippen LogP contribution in [0.25, 0.3) is 0 Å². The Hall–Kier alpha value is -2.89. The molecule has 0 aliphatic rings. The largest absolute Gasteiger partial charge is 0.462 e. The van der Waals surface area contributed by atoms with Gasteiger partial charge in [-0.25, -0.2) is 0 Å². The molecule has 0 saturated heterocycles. The first-order chi connectivity index (χ1) is 40.0. The van der Waals surface area contributed by atoms with Crippen molar-refractivity contribution in [3.8, 4) is 0 Å². The van der Waals surface area contributed by atoms with Crippen LogP contribution in [0.4, 0.5) is 0 Å². The lowest BCUT2D eigenvalue weighted by Crippen LogP contribution is -2.30. The molecule has 0 aliphatic heterocycles. The van der Waals surface area contributed by atoms with E-state index >= 15 is 0 Å². The van der Waals surface area contributed by atoms with Crippen molar-refractivity contribution in [2.24, 2.45) is 0 Å². The molecule has 1 atom stereocenters. The molecule has 6 nitrogen and oxygen atoms in total. The van der Waals surface area contributed by atoms with Crippen LogP contribution in [0.5, 0.6) is 0 Å². The monoisotopic (exact) mass is 1130 g/mol. The number of carbonyl (C=O) groups excluding carboxylic acids is 3. The van der Waals surface area contributed by atoms with Crippen LogP contribution in [0.1, 0.15) is 380 Å². The van der Waals surface area contributed by atoms with Crippen LogP contribution >= 0.6 is 0 Å². The van der Waals surface area contributed by atoms with Gasteiger partial charge >= 0.3 is 17.9 Å². The maximum atomic E-state index is 13.0. The third kappa shape index (κ3) is 67.8. The van der Waals surface area contributed by atoms with E-state index in [0.717, 1.165) is 77.0 Å². The number of unbranched alkanes of at least 4 members (excludes halogenated alkanes) is 45. The lowest BCUT2D eigenvalue weighted by atomic mass is 10.0. The molecule has 0 heterocycles. The van der Waals surface area contributed by atoms with Crippen LogP contribution in [-0.4, -0.2) is 37.2 Å². The molecule has 0 amide bonds. The molecule has 6 heteroatoms. The molecule has 0 aliphatic carbocycles. The average molecular weight is 1130 g/mol. The van der Waals surface area contributed by atoms with Crippen LogP contribution in [0, 0.1) is 0 Å². The Morgan fingerprint density at radius 1 is 0.259 bits per heavy atom. The summed E-state index contributed by atoms with van der Waals surface area (Å²) in [6.07, 6.45) is 89.8. The lowest BCUT2D eigenvalue weighted by Gasteiger charge is -2.18. The molecule has 0 bridgehead atoms. The van der Waals surface area contributed by atoms with E-state index in [9.17, 15) is 14.4 Å². The molecule has 472 valence electrons. The number of hydrogen-bond acceptors (Lipinski definition) is 6. The summed E-state index contributed by atoms with van der Waals surface area (Å²) in [6, 6.07) is 0. The minimum absolute atomic E-state index is 0.0867. The van der Waals surface area contributed by atoms with Crippen molar-refractivity contribution in [1.82, 2.24) is 0 Å². The first kappa shape index (κ1) is 78.1. The molecule has 0 N–H and O–H groups in total. The van der Waals surface area contributed by atoms with Gasteiger partial charge in [0.2, 0.25) is 0 Å². The fourth-order valence-electron chi connectivity index (χ4n) is 10.7. The molecular formula is C75H136O6. The number of allylic oxidation sites excluding steroid dienone is 10. The number of esters is 3. The normalized spacial score (nSPS) is 12.4. The van der Waals surface area contributed by atoms with E-state index in [-0.39, 0.29) is 37.5 Å². The van der Waals surface area contributed by atoms with Crippen molar-refractivity contribution in [1.29, 1.82) is 0 Å². The quantitative estimate of drug-likeness (QED) is 0.0261. The van der Waals surface area contributed by atoms with Crippen LogP contribution in [0.15, 0.2) is 60.8 Å². The van der Waals surface area contributed by atoms with Crippen molar-refractivity contribution < 1.29 is 28.6 Å². The van der Waals surface area contributed by atoms with Crippen molar-refractivity contribution in [2.75, 3.05) is 13.2 Å². The minimum atomic E-state index is -0.796. The first-order valence-electron chi connectivity index (χ1n) is 35.8. The molecule has 0 saturated carbocycles. The molecule has 0 fully saturated rings. The van der Waals surface area contributed by atoms with Gasteiger partial charge in [-0.1, -0.05) is 364 Å². The fourth-order valence-corrected chi connectivity index (χ4v) is 10.7. The van der Waals surface area contributed by atoms with Crippen molar-refractivity contribution in [2.45, 2.75) is 386 Å². The number of carbonyl (C=O) groups is 3. The lowest BCUT2D eigenvalue weighted by molar-refractivity contribution is -0.167. The number of hydrogen-bond donors (Lipinski definition) is 0. The number of rotatable bonds is 66. The summed E-state index contributed by atoms with van der Waals surface area (Å²) in [5, 5.41) is 0. The smallest absolute Gasteiger partial charge is 0.306 e. The molecule has 0 aromatic carbocycles. The Labute approximate surface area is 504 Å². The highest BCUT2D eigenvalue weighted by atomic mass is 16.6. The second-order valence-electron chi connectivity index (χ2n) is 24.1. The maximum absolute atomic E-state index is 13.0. The highest BCUT2D eigenvalue weighted by molar-refractivity contribution is 5.71. The Bertz CT molecular complexity index is 1440. The van der Waals surface area contributed by atoms with Gasteiger partial charge in [0.05, 0.1) is 0 Å². The van der Waals surface area contributed by atoms with E-state index in [1.165, 1.54) is 257 Å². The highest BCUT2D eigenvalue weighted by Crippen LogP contribution is 2.19. The van der Waals surface area contributed by atoms with E-state index in [2.05, 4.69) is 81.5 Å². The summed E-state index contributed by atoms with van der Waals surface area (Å²) in [7, 11) is 0. The maximum Gasteiger partial charge on any atom is 0.306 e. The van der Waals surface area contributed by atoms with E-state index in [1.54, 1.807) is 0 Å². The van der Waals surface area contributed by atoms with Crippen LogP contribution in [-0.2, 0) is 28.6 Å². The topological polar surface area (TPSA) is 78.9 Å². The predicted molar refractivity (Wildman–Crippen MR) is 353 cm³/mol. The summed E-state index contributed by atoms with van der Waals surface area (Å²) >= 11 is 0. The van der Waals surface area contributed by atoms with Gasteiger partial charge in [0.25, 0.3) is 0 Å². The fraction of sp³-hybridized carbons (Fsp3) is 0.827. The van der Waals surface area contributed by atoms with Gasteiger partial charge in [0, 0.05) is 19.3 Å². The van der Waals surface area contributed by atoms with Gasteiger partial charge in [-0.05, 0) is 57.8 Å². The van der Waals surface area contributed by atoms with E-state index < -0.39 is 6.10 Å². The SMILES string of the molecule is CC/C=C\C/C=C\C/C=C\C/C=C\C/C=C\CCCC(=O)OCC(COC(=O)CCCCCCCCCCCCCCCCCCCCCCCCCCC)OC(=O)CCCCCCCCCCCCCCCCCCCCCCC. The van der Waals surface area contributed by atoms with Crippen LogP contribution < -0.4 is 0 Å². The zero-order valence-electron chi connectivity index (χ0n) is 54.3. The second kappa shape index (κ2) is 69.6. The molecule has 1 unspecified atom stereocenters.